The molecule has 0 saturated heterocycles. The van der Waals surface area contributed by atoms with Crippen molar-refractivity contribution in [2.75, 3.05) is 0 Å². The number of hydrogen-bond donors (Lipinski definition) is 1. The first kappa shape index (κ1) is 18.1. The molecule has 140 valence electrons. The van der Waals surface area contributed by atoms with Crippen molar-refractivity contribution in [1.82, 2.24) is 14.5 Å². The van der Waals surface area contributed by atoms with E-state index in [4.69, 9.17) is 0 Å². The number of aliphatic hydroxyl groups is 1. The molecule has 2 heterocycles. The van der Waals surface area contributed by atoms with E-state index in [-0.39, 0.29) is 0 Å². The van der Waals surface area contributed by atoms with Crippen LogP contribution < -0.4 is 0 Å². The van der Waals surface area contributed by atoms with Gasteiger partial charge in [-0.05, 0) is 25.5 Å². The average molecular weight is 369 g/mol. The summed E-state index contributed by atoms with van der Waals surface area (Å²) >= 11 is 0. The summed E-state index contributed by atoms with van der Waals surface area (Å²) in [6, 6.07) is 20.5. The minimum atomic E-state index is -0.771. The van der Waals surface area contributed by atoms with Crippen LogP contribution in [0.15, 0.2) is 79.4 Å². The SMILES string of the molecule is Cc1ccc(-c2ccc(C(O)c3cncn3Cc3cccc(C)c3)cn2)cc1. The summed E-state index contributed by atoms with van der Waals surface area (Å²) in [5.74, 6) is 0. The highest BCUT2D eigenvalue weighted by atomic mass is 16.3. The van der Waals surface area contributed by atoms with Gasteiger partial charge in [-0.1, -0.05) is 65.7 Å². The fraction of sp³-hybridized carbons (Fsp3) is 0.167. The molecule has 4 aromatic rings. The van der Waals surface area contributed by atoms with Crippen molar-refractivity contribution >= 4 is 0 Å². The highest BCUT2D eigenvalue weighted by Gasteiger charge is 2.16. The lowest BCUT2D eigenvalue weighted by atomic mass is 10.1. The van der Waals surface area contributed by atoms with Crippen LogP contribution in [0.25, 0.3) is 11.3 Å². The summed E-state index contributed by atoms with van der Waals surface area (Å²) in [6.45, 7) is 4.81. The normalized spacial score (nSPS) is 12.1. The first-order valence-corrected chi connectivity index (χ1v) is 9.37. The van der Waals surface area contributed by atoms with Crippen LogP contribution in [0.3, 0.4) is 0 Å². The van der Waals surface area contributed by atoms with Crippen LogP contribution in [0.2, 0.25) is 0 Å². The van der Waals surface area contributed by atoms with E-state index in [2.05, 4.69) is 66.3 Å². The molecule has 4 nitrogen and oxygen atoms in total. The number of nitrogens with zero attached hydrogens (tertiary/aromatic N) is 3. The molecule has 2 aromatic heterocycles. The molecule has 0 aliphatic rings. The van der Waals surface area contributed by atoms with Crippen molar-refractivity contribution in [3.05, 3.63) is 107 Å². The maximum Gasteiger partial charge on any atom is 0.122 e. The van der Waals surface area contributed by atoms with Crippen molar-refractivity contribution in [3.63, 3.8) is 0 Å². The number of aryl methyl sites for hydroxylation is 2. The van der Waals surface area contributed by atoms with Crippen LogP contribution in [0.1, 0.15) is 34.1 Å². The van der Waals surface area contributed by atoms with E-state index >= 15 is 0 Å². The molecule has 0 amide bonds. The predicted molar refractivity (Wildman–Crippen MR) is 111 cm³/mol. The molecule has 0 aliphatic carbocycles. The quantitative estimate of drug-likeness (QED) is 0.555. The van der Waals surface area contributed by atoms with Crippen LogP contribution in [0.4, 0.5) is 0 Å². The molecule has 4 heteroatoms. The summed E-state index contributed by atoms with van der Waals surface area (Å²) in [5.41, 5.74) is 7.08. The maximum absolute atomic E-state index is 10.9. The van der Waals surface area contributed by atoms with E-state index in [0.29, 0.717) is 6.54 Å². The Bertz CT molecular complexity index is 1070. The van der Waals surface area contributed by atoms with Crippen LogP contribution in [0.5, 0.6) is 0 Å². The van der Waals surface area contributed by atoms with Crippen molar-refractivity contribution in [2.24, 2.45) is 0 Å². The van der Waals surface area contributed by atoms with Gasteiger partial charge in [-0.25, -0.2) is 4.98 Å². The molecule has 1 atom stereocenters. The lowest BCUT2D eigenvalue weighted by Crippen LogP contribution is -2.09. The Morgan fingerprint density at radius 3 is 2.46 bits per heavy atom. The molecule has 1 unspecified atom stereocenters. The van der Waals surface area contributed by atoms with E-state index in [0.717, 1.165) is 22.5 Å². The highest BCUT2D eigenvalue weighted by molar-refractivity contribution is 5.59. The van der Waals surface area contributed by atoms with Gasteiger partial charge in [0, 0.05) is 23.9 Å². The standard InChI is InChI=1S/C24H23N3O/c1-17-6-8-20(9-7-17)22-11-10-21(13-26-22)24(28)23-14-25-16-27(23)15-19-5-3-4-18(2)12-19/h3-14,16,24,28H,15H2,1-2H3. The molecule has 0 saturated carbocycles. The van der Waals surface area contributed by atoms with Crippen LogP contribution in [-0.2, 0) is 6.54 Å². The van der Waals surface area contributed by atoms with Gasteiger partial charge >= 0.3 is 0 Å². The number of imidazole rings is 1. The second-order valence-corrected chi connectivity index (χ2v) is 7.18. The second kappa shape index (κ2) is 7.79. The van der Waals surface area contributed by atoms with Crippen molar-refractivity contribution < 1.29 is 5.11 Å². The zero-order chi connectivity index (χ0) is 19.5. The molecule has 0 aliphatic heterocycles. The Balaban J connectivity index is 1.56. The van der Waals surface area contributed by atoms with Gasteiger partial charge in [0.05, 0.1) is 23.9 Å². The largest absolute Gasteiger partial charge is 0.382 e. The summed E-state index contributed by atoms with van der Waals surface area (Å²) < 4.78 is 1.98. The number of pyridine rings is 1. The minimum Gasteiger partial charge on any atom is -0.382 e. The molecule has 0 fully saturated rings. The molecule has 0 spiro atoms. The average Bonchev–Trinajstić information content (AvgIpc) is 3.16. The number of benzene rings is 2. The minimum absolute atomic E-state index is 0.670. The number of aromatic nitrogens is 3. The fourth-order valence-corrected chi connectivity index (χ4v) is 3.33. The van der Waals surface area contributed by atoms with Crippen molar-refractivity contribution in [2.45, 2.75) is 26.5 Å². The Hall–Kier alpha value is -3.24. The van der Waals surface area contributed by atoms with Gasteiger partial charge in [-0.2, -0.15) is 0 Å². The molecule has 0 bridgehead atoms. The lowest BCUT2D eigenvalue weighted by Gasteiger charge is -2.15. The maximum atomic E-state index is 10.9. The number of hydrogen-bond acceptors (Lipinski definition) is 3. The molecule has 28 heavy (non-hydrogen) atoms. The van der Waals surface area contributed by atoms with Gasteiger partial charge < -0.3 is 9.67 Å². The zero-order valence-corrected chi connectivity index (χ0v) is 16.1. The Labute approximate surface area is 165 Å². The summed E-state index contributed by atoms with van der Waals surface area (Å²) in [5, 5.41) is 10.9. The fourth-order valence-electron chi connectivity index (χ4n) is 3.33. The topological polar surface area (TPSA) is 50.9 Å². The van der Waals surface area contributed by atoms with Crippen molar-refractivity contribution in [3.8, 4) is 11.3 Å². The van der Waals surface area contributed by atoms with Crippen LogP contribution in [0, 0.1) is 13.8 Å². The third-order valence-electron chi connectivity index (χ3n) is 4.91. The van der Waals surface area contributed by atoms with Gasteiger partial charge in [0.15, 0.2) is 0 Å². The van der Waals surface area contributed by atoms with E-state index in [9.17, 15) is 5.11 Å². The van der Waals surface area contributed by atoms with Gasteiger partial charge in [-0.15, -0.1) is 0 Å². The third kappa shape index (κ3) is 3.87. The molecule has 0 radical (unpaired) electrons. The van der Waals surface area contributed by atoms with Gasteiger partial charge in [0.1, 0.15) is 6.10 Å². The summed E-state index contributed by atoms with van der Waals surface area (Å²) in [7, 11) is 0. The predicted octanol–water partition coefficient (Wildman–Crippen LogP) is 4.69. The smallest absolute Gasteiger partial charge is 0.122 e. The third-order valence-corrected chi connectivity index (χ3v) is 4.91. The van der Waals surface area contributed by atoms with Crippen LogP contribution >= 0.6 is 0 Å². The first-order valence-electron chi connectivity index (χ1n) is 9.37. The molecular formula is C24H23N3O. The number of rotatable bonds is 5. The Kier molecular flexibility index (Phi) is 5.04. The monoisotopic (exact) mass is 369 g/mol. The van der Waals surface area contributed by atoms with Crippen LogP contribution in [-0.4, -0.2) is 19.6 Å². The number of aliphatic hydroxyl groups excluding tert-OH is 1. The lowest BCUT2D eigenvalue weighted by molar-refractivity contribution is 0.210. The highest BCUT2D eigenvalue weighted by Crippen LogP contribution is 2.24. The molecule has 2 aromatic carbocycles. The molecule has 4 rings (SSSR count). The Morgan fingerprint density at radius 1 is 0.929 bits per heavy atom. The summed E-state index contributed by atoms with van der Waals surface area (Å²) in [6.07, 6.45) is 4.44. The van der Waals surface area contributed by atoms with E-state index in [1.807, 2.05) is 22.8 Å². The second-order valence-electron chi connectivity index (χ2n) is 7.18. The molecular weight excluding hydrogens is 346 g/mol. The van der Waals surface area contributed by atoms with E-state index in [1.54, 1.807) is 18.7 Å². The molecule has 1 N–H and O–H groups in total. The van der Waals surface area contributed by atoms with Gasteiger partial charge in [0.25, 0.3) is 0 Å². The zero-order valence-electron chi connectivity index (χ0n) is 16.1. The van der Waals surface area contributed by atoms with Crippen molar-refractivity contribution in [1.29, 1.82) is 0 Å². The summed E-state index contributed by atoms with van der Waals surface area (Å²) in [4.78, 5) is 8.79. The van der Waals surface area contributed by atoms with E-state index in [1.165, 1.54) is 16.7 Å². The van der Waals surface area contributed by atoms with E-state index < -0.39 is 6.10 Å². The van der Waals surface area contributed by atoms with Gasteiger partial charge in [-0.3, -0.25) is 4.98 Å². The van der Waals surface area contributed by atoms with Gasteiger partial charge in [0.2, 0.25) is 0 Å². The Morgan fingerprint density at radius 2 is 1.75 bits per heavy atom. The first-order chi connectivity index (χ1) is 13.6.